The minimum atomic E-state index is -3.94. The van der Waals surface area contributed by atoms with Crippen molar-refractivity contribution in [1.29, 1.82) is 0 Å². The van der Waals surface area contributed by atoms with Crippen molar-refractivity contribution >= 4 is 15.2 Å². The summed E-state index contributed by atoms with van der Waals surface area (Å²) < 4.78 is 21.7. The van der Waals surface area contributed by atoms with Crippen molar-refractivity contribution in [2.45, 2.75) is 154 Å². The van der Waals surface area contributed by atoms with Gasteiger partial charge in [0.1, 0.15) is 0 Å². The summed E-state index contributed by atoms with van der Waals surface area (Å²) in [5.41, 5.74) is 17.1. The predicted molar refractivity (Wildman–Crippen MR) is 203 cm³/mol. The zero-order chi connectivity index (χ0) is 35.7. The largest absolute Gasteiger partial charge is 0.328 e. The molecule has 2 unspecified atom stereocenters. The lowest BCUT2D eigenvalue weighted by Crippen LogP contribution is -2.24. The SMILES string of the molecule is CCCCCCCCCc1ccc(CC(N)CCP(=O)(O)O)cc1.CCCCCCc1ccc(CCCCC(N)CCP(=O)(O)O)cc1. The van der Waals surface area contributed by atoms with Crippen LogP contribution in [0.25, 0.3) is 0 Å². The number of rotatable bonds is 26. The van der Waals surface area contributed by atoms with E-state index in [-0.39, 0.29) is 24.4 Å². The highest BCUT2D eigenvalue weighted by molar-refractivity contribution is 7.52. The van der Waals surface area contributed by atoms with E-state index in [4.69, 9.17) is 31.0 Å². The lowest BCUT2D eigenvalue weighted by molar-refractivity contribution is 0.366. The molecule has 8 nitrogen and oxygen atoms in total. The monoisotopic (exact) mass is 710 g/mol. The molecule has 2 aromatic rings. The van der Waals surface area contributed by atoms with E-state index in [2.05, 4.69) is 62.4 Å². The first kappa shape index (κ1) is 44.7. The van der Waals surface area contributed by atoms with E-state index in [1.165, 1.54) is 93.7 Å². The Balaban J connectivity index is 0.000000480. The maximum absolute atomic E-state index is 10.9. The summed E-state index contributed by atoms with van der Waals surface area (Å²) >= 11 is 0. The Morgan fingerprint density at radius 3 is 1.23 bits per heavy atom. The van der Waals surface area contributed by atoms with E-state index < -0.39 is 15.2 Å². The first-order valence-corrected chi connectivity index (χ1v) is 22.2. The summed E-state index contributed by atoms with van der Waals surface area (Å²) in [5, 5.41) is 0. The van der Waals surface area contributed by atoms with Gasteiger partial charge < -0.3 is 31.0 Å². The Labute approximate surface area is 292 Å². The second kappa shape index (κ2) is 26.5. The number of nitrogens with two attached hydrogens (primary N) is 2. The van der Waals surface area contributed by atoms with Gasteiger partial charge >= 0.3 is 15.2 Å². The van der Waals surface area contributed by atoms with Crippen molar-refractivity contribution in [3.63, 3.8) is 0 Å². The van der Waals surface area contributed by atoms with Crippen molar-refractivity contribution in [2.24, 2.45) is 11.5 Å². The second-order valence-electron chi connectivity index (χ2n) is 13.6. The molecule has 48 heavy (non-hydrogen) atoms. The molecule has 0 fully saturated rings. The molecule has 0 spiro atoms. The molecule has 8 N–H and O–H groups in total. The first-order chi connectivity index (χ1) is 22.8. The van der Waals surface area contributed by atoms with Crippen molar-refractivity contribution in [3.05, 3.63) is 70.8 Å². The van der Waals surface area contributed by atoms with Crippen LogP contribution in [-0.4, -0.2) is 44.0 Å². The third-order valence-corrected chi connectivity index (χ3v) is 10.5. The number of hydrogen-bond acceptors (Lipinski definition) is 4. The fourth-order valence-corrected chi connectivity index (χ4v) is 7.05. The molecule has 2 aromatic carbocycles. The van der Waals surface area contributed by atoms with Crippen LogP contribution in [0.1, 0.15) is 139 Å². The van der Waals surface area contributed by atoms with E-state index in [9.17, 15) is 9.13 Å². The Hall–Kier alpha value is -1.34. The molecule has 0 amide bonds. The Morgan fingerprint density at radius 2 is 0.812 bits per heavy atom. The average molecular weight is 711 g/mol. The van der Waals surface area contributed by atoms with Gasteiger partial charge in [-0.25, -0.2) is 0 Å². The summed E-state index contributed by atoms with van der Waals surface area (Å²) in [6.45, 7) is 4.48. The third kappa shape index (κ3) is 26.5. The fourth-order valence-electron chi connectivity index (χ4n) is 5.71. The van der Waals surface area contributed by atoms with Gasteiger partial charge in [-0.3, -0.25) is 9.13 Å². The van der Waals surface area contributed by atoms with Gasteiger partial charge in [0.2, 0.25) is 0 Å². The van der Waals surface area contributed by atoms with E-state index >= 15 is 0 Å². The highest BCUT2D eigenvalue weighted by atomic mass is 31.2. The molecule has 0 radical (unpaired) electrons. The van der Waals surface area contributed by atoms with E-state index in [0.717, 1.165) is 37.7 Å². The molecule has 0 saturated carbocycles. The molecule has 2 rings (SSSR count). The van der Waals surface area contributed by atoms with Gasteiger partial charge in [-0.1, -0.05) is 127 Å². The van der Waals surface area contributed by atoms with Gasteiger partial charge in [0.25, 0.3) is 0 Å². The zero-order valence-corrected chi connectivity index (χ0v) is 31.8. The number of unbranched alkanes of at least 4 members (excludes halogenated alkanes) is 10. The molecule has 0 aliphatic rings. The van der Waals surface area contributed by atoms with Crippen LogP contribution in [0.2, 0.25) is 0 Å². The topological polar surface area (TPSA) is 167 Å². The summed E-state index contributed by atoms with van der Waals surface area (Å²) in [6.07, 6.45) is 21.9. The third-order valence-electron chi connectivity index (χ3n) is 8.80. The van der Waals surface area contributed by atoms with Crippen LogP contribution in [0.15, 0.2) is 48.5 Å². The highest BCUT2D eigenvalue weighted by Crippen LogP contribution is 2.36. The lowest BCUT2D eigenvalue weighted by Gasteiger charge is -2.12. The summed E-state index contributed by atoms with van der Waals surface area (Å²) in [6, 6.07) is 17.1. The van der Waals surface area contributed by atoms with Crippen molar-refractivity contribution in [1.82, 2.24) is 0 Å². The molecule has 0 aliphatic heterocycles. The van der Waals surface area contributed by atoms with Crippen LogP contribution in [0.5, 0.6) is 0 Å². The number of hydrogen-bond donors (Lipinski definition) is 6. The number of aryl methyl sites for hydroxylation is 3. The van der Waals surface area contributed by atoms with Gasteiger partial charge in [-0.2, -0.15) is 0 Å². The van der Waals surface area contributed by atoms with Gasteiger partial charge in [-0.05, 0) is 86.5 Å². The van der Waals surface area contributed by atoms with Crippen LogP contribution >= 0.6 is 15.2 Å². The van der Waals surface area contributed by atoms with Gasteiger partial charge in [-0.15, -0.1) is 0 Å². The maximum Gasteiger partial charge on any atom is 0.325 e. The van der Waals surface area contributed by atoms with E-state index in [0.29, 0.717) is 19.3 Å². The smallest absolute Gasteiger partial charge is 0.325 e. The van der Waals surface area contributed by atoms with Crippen LogP contribution in [0.4, 0.5) is 0 Å². The Morgan fingerprint density at radius 1 is 0.479 bits per heavy atom. The van der Waals surface area contributed by atoms with Gasteiger partial charge in [0, 0.05) is 12.1 Å². The number of benzene rings is 2. The van der Waals surface area contributed by atoms with E-state index in [1.54, 1.807) is 0 Å². The lowest BCUT2D eigenvalue weighted by atomic mass is 10.0. The van der Waals surface area contributed by atoms with Gasteiger partial charge in [0.05, 0.1) is 12.3 Å². The molecule has 0 aromatic heterocycles. The molecular formula is C38H68N2O6P2. The van der Waals surface area contributed by atoms with Crippen LogP contribution in [0, 0.1) is 0 Å². The summed E-state index contributed by atoms with van der Waals surface area (Å²) in [7, 11) is -7.84. The van der Waals surface area contributed by atoms with Gasteiger partial charge in [0.15, 0.2) is 0 Å². The predicted octanol–water partition coefficient (Wildman–Crippen LogP) is 8.83. The Kier molecular flexibility index (Phi) is 24.6. The van der Waals surface area contributed by atoms with Crippen molar-refractivity contribution < 1.29 is 28.7 Å². The molecule has 2 atom stereocenters. The zero-order valence-electron chi connectivity index (χ0n) is 30.0. The average Bonchev–Trinajstić information content (AvgIpc) is 3.04. The van der Waals surface area contributed by atoms with Crippen LogP contribution in [-0.2, 0) is 34.8 Å². The normalized spacial score (nSPS) is 13.2. The molecule has 0 saturated heterocycles. The van der Waals surface area contributed by atoms with Crippen LogP contribution in [0.3, 0.4) is 0 Å². The van der Waals surface area contributed by atoms with E-state index in [1.807, 2.05) is 0 Å². The second-order valence-corrected chi connectivity index (χ2v) is 17.2. The fraction of sp³-hybridized carbons (Fsp3) is 0.684. The molecule has 276 valence electrons. The summed E-state index contributed by atoms with van der Waals surface area (Å²) in [4.78, 5) is 35.5. The highest BCUT2D eigenvalue weighted by Gasteiger charge is 2.16. The standard InChI is InChI=1S/2C19H34NO3P/c1-2-3-4-5-8-17-11-13-18(14-12-17)9-6-7-10-19(20)15-16-24(21,22)23;1-2-3-4-5-6-7-8-9-17-10-12-18(13-11-17)16-19(20)14-15-24(21,22)23/h11-14,19H,2-10,15-16,20H2,1H3,(H2,21,22,23);10-13,19H,2-9,14-16,20H2,1H3,(H2,21,22,23). The Bertz CT molecular complexity index is 1150. The molecular weight excluding hydrogens is 642 g/mol. The quantitative estimate of drug-likeness (QED) is 0.0416. The molecule has 0 heterocycles. The minimum absolute atomic E-state index is 0.103. The van der Waals surface area contributed by atoms with Crippen molar-refractivity contribution in [3.8, 4) is 0 Å². The summed E-state index contributed by atoms with van der Waals surface area (Å²) in [5.74, 6) is 0. The first-order valence-electron chi connectivity index (χ1n) is 18.6. The molecule has 0 aliphatic carbocycles. The van der Waals surface area contributed by atoms with Crippen LogP contribution < -0.4 is 11.5 Å². The molecule has 10 heteroatoms. The maximum atomic E-state index is 10.9. The minimum Gasteiger partial charge on any atom is -0.328 e. The van der Waals surface area contributed by atoms with Crippen molar-refractivity contribution in [2.75, 3.05) is 12.3 Å². The molecule has 0 bridgehead atoms.